The molecule has 1 N–H and O–H groups in total. The van der Waals surface area contributed by atoms with Crippen molar-refractivity contribution in [3.8, 4) is 0 Å². The Morgan fingerprint density at radius 3 is 2.42 bits per heavy atom. The summed E-state index contributed by atoms with van der Waals surface area (Å²) in [5.41, 5.74) is -2.18. The van der Waals surface area contributed by atoms with E-state index < -0.39 is 24.2 Å². The Balaban J connectivity index is 2.33. The van der Waals surface area contributed by atoms with E-state index in [1.165, 1.54) is 12.1 Å². The lowest BCUT2D eigenvalue weighted by atomic mass is 9.99. The third kappa shape index (κ3) is 3.61. The molecule has 1 aromatic carbocycles. The van der Waals surface area contributed by atoms with Crippen LogP contribution >= 0.6 is 0 Å². The van der Waals surface area contributed by atoms with Gasteiger partial charge in [0.1, 0.15) is 0 Å². The Hall–Kier alpha value is -1.89. The van der Waals surface area contributed by atoms with Crippen molar-refractivity contribution in [2.24, 2.45) is 11.0 Å². The van der Waals surface area contributed by atoms with E-state index in [4.69, 9.17) is 0 Å². The van der Waals surface area contributed by atoms with Gasteiger partial charge in [0.25, 0.3) is 11.6 Å². The molecule has 1 heterocycles. The number of hydrazone groups is 1. The molecule has 1 amide bonds. The van der Waals surface area contributed by atoms with Crippen LogP contribution < -0.4 is 0 Å². The molecule has 1 atom stereocenters. The first-order chi connectivity index (χ1) is 11.0. The maximum absolute atomic E-state index is 13.4. The van der Waals surface area contributed by atoms with Crippen LogP contribution in [0.15, 0.2) is 29.4 Å². The van der Waals surface area contributed by atoms with Crippen molar-refractivity contribution in [3.05, 3.63) is 35.4 Å². The lowest BCUT2D eigenvalue weighted by molar-refractivity contribution is -0.297. The van der Waals surface area contributed by atoms with Crippen LogP contribution in [-0.2, 0) is 0 Å². The Morgan fingerprint density at radius 2 is 1.92 bits per heavy atom. The fourth-order valence-electron chi connectivity index (χ4n) is 2.46. The molecule has 0 aliphatic carbocycles. The predicted molar refractivity (Wildman–Crippen MR) is 84.5 cm³/mol. The number of amides is 1. The third-order valence-electron chi connectivity index (χ3n) is 4.00. The van der Waals surface area contributed by atoms with Crippen LogP contribution in [0.25, 0.3) is 0 Å². The van der Waals surface area contributed by atoms with Gasteiger partial charge in [-0.2, -0.15) is 23.3 Å². The molecule has 1 aliphatic rings. The quantitative estimate of drug-likeness (QED) is 0.903. The first-order valence-electron chi connectivity index (χ1n) is 7.81. The van der Waals surface area contributed by atoms with Gasteiger partial charge in [0.05, 0.1) is 0 Å². The summed E-state index contributed by atoms with van der Waals surface area (Å²) in [6, 6.07) is 6.10. The summed E-state index contributed by atoms with van der Waals surface area (Å²) in [6.07, 6.45) is -4.75. The average Bonchev–Trinajstić information content (AvgIpc) is 2.83. The number of carbonyl (C=O) groups excluding carboxylic acids is 1. The van der Waals surface area contributed by atoms with Gasteiger partial charge in [-0.1, -0.05) is 31.5 Å². The van der Waals surface area contributed by atoms with Crippen molar-refractivity contribution >= 4 is 11.6 Å². The summed E-state index contributed by atoms with van der Waals surface area (Å²) >= 11 is 0. The van der Waals surface area contributed by atoms with Gasteiger partial charge in [-0.15, -0.1) is 0 Å². The zero-order valence-electron chi connectivity index (χ0n) is 13.9. The fourth-order valence-corrected chi connectivity index (χ4v) is 2.46. The summed E-state index contributed by atoms with van der Waals surface area (Å²) in [6.45, 7) is 5.69. The minimum atomic E-state index is -4.99. The number of hydrogen-bond acceptors (Lipinski definition) is 3. The van der Waals surface area contributed by atoms with Gasteiger partial charge >= 0.3 is 6.18 Å². The Morgan fingerprint density at radius 1 is 1.33 bits per heavy atom. The van der Waals surface area contributed by atoms with Crippen molar-refractivity contribution in [2.75, 3.05) is 0 Å². The number of nitrogens with zero attached hydrogens (tertiary/aromatic N) is 2. The molecule has 1 aliphatic heterocycles. The maximum atomic E-state index is 13.4. The highest BCUT2D eigenvalue weighted by molar-refractivity contribution is 5.98. The van der Waals surface area contributed by atoms with Gasteiger partial charge in [0.15, 0.2) is 0 Å². The van der Waals surface area contributed by atoms with E-state index in [9.17, 15) is 23.1 Å². The molecule has 0 saturated heterocycles. The van der Waals surface area contributed by atoms with Crippen molar-refractivity contribution in [1.82, 2.24) is 5.01 Å². The maximum Gasteiger partial charge on any atom is 0.438 e. The number of aliphatic hydroxyl groups is 1. The summed E-state index contributed by atoms with van der Waals surface area (Å²) in [7, 11) is 0. The smallest absolute Gasteiger partial charge is 0.362 e. The lowest BCUT2D eigenvalue weighted by Gasteiger charge is -2.32. The van der Waals surface area contributed by atoms with Gasteiger partial charge in [-0.05, 0) is 37.8 Å². The van der Waals surface area contributed by atoms with Crippen molar-refractivity contribution in [3.63, 3.8) is 0 Å². The first-order valence-corrected chi connectivity index (χ1v) is 7.81. The third-order valence-corrected chi connectivity index (χ3v) is 4.00. The number of carbonyl (C=O) groups is 1. The molecule has 7 heteroatoms. The van der Waals surface area contributed by atoms with E-state index >= 15 is 0 Å². The number of aryl methyl sites for hydroxylation is 1. The van der Waals surface area contributed by atoms with E-state index in [-0.39, 0.29) is 22.2 Å². The highest BCUT2D eigenvalue weighted by Crippen LogP contribution is 2.41. The van der Waals surface area contributed by atoms with Crippen LogP contribution in [0.3, 0.4) is 0 Å². The molecule has 132 valence electrons. The van der Waals surface area contributed by atoms with Gasteiger partial charge in [-0.3, -0.25) is 4.79 Å². The highest BCUT2D eigenvalue weighted by Gasteiger charge is 2.63. The van der Waals surface area contributed by atoms with Crippen LogP contribution in [0, 0.1) is 12.8 Å². The van der Waals surface area contributed by atoms with E-state index in [1.807, 2.05) is 13.8 Å². The zero-order chi connectivity index (χ0) is 18.1. The zero-order valence-corrected chi connectivity index (χ0v) is 13.9. The second kappa shape index (κ2) is 6.55. The van der Waals surface area contributed by atoms with Crippen molar-refractivity contribution in [2.45, 2.75) is 51.9 Å². The molecule has 4 nitrogen and oxygen atoms in total. The molecule has 0 radical (unpaired) electrons. The minimum Gasteiger partial charge on any atom is -0.362 e. The molecular formula is C17H21F3N2O2. The van der Waals surface area contributed by atoms with Crippen LogP contribution in [0.5, 0.6) is 0 Å². The van der Waals surface area contributed by atoms with Crippen LogP contribution in [0.4, 0.5) is 13.2 Å². The number of alkyl halides is 3. The van der Waals surface area contributed by atoms with Gasteiger partial charge < -0.3 is 5.11 Å². The molecule has 0 spiro atoms. The van der Waals surface area contributed by atoms with Crippen LogP contribution in [0.2, 0.25) is 0 Å². The van der Waals surface area contributed by atoms with E-state index in [2.05, 4.69) is 5.10 Å². The molecule has 0 saturated carbocycles. The number of benzene rings is 1. The molecule has 1 aromatic rings. The Kier molecular flexibility index (Phi) is 5.03. The molecule has 0 unspecified atom stereocenters. The summed E-state index contributed by atoms with van der Waals surface area (Å²) in [5, 5.41) is 14.2. The lowest BCUT2D eigenvalue weighted by Crippen LogP contribution is -2.56. The first kappa shape index (κ1) is 18.4. The van der Waals surface area contributed by atoms with Crippen molar-refractivity contribution in [1.29, 1.82) is 0 Å². The van der Waals surface area contributed by atoms with E-state index in [0.29, 0.717) is 12.8 Å². The molecular weight excluding hydrogens is 321 g/mol. The Bertz CT molecular complexity index is 638. The highest BCUT2D eigenvalue weighted by atomic mass is 19.4. The molecule has 0 fully saturated rings. The minimum absolute atomic E-state index is 0.0529. The summed E-state index contributed by atoms with van der Waals surface area (Å²) < 4.78 is 40.2. The van der Waals surface area contributed by atoms with E-state index in [0.717, 1.165) is 5.56 Å². The van der Waals surface area contributed by atoms with Crippen molar-refractivity contribution < 1.29 is 23.1 Å². The molecule has 24 heavy (non-hydrogen) atoms. The second-order valence-electron chi connectivity index (χ2n) is 6.57. The largest absolute Gasteiger partial charge is 0.438 e. The van der Waals surface area contributed by atoms with Gasteiger partial charge in [0, 0.05) is 17.7 Å². The monoisotopic (exact) mass is 342 g/mol. The van der Waals surface area contributed by atoms with Crippen LogP contribution in [-0.4, -0.2) is 33.6 Å². The van der Waals surface area contributed by atoms with Gasteiger partial charge in [0.2, 0.25) is 0 Å². The topological polar surface area (TPSA) is 52.9 Å². The average molecular weight is 342 g/mol. The Labute approximate surface area is 139 Å². The van der Waals surface area contributed by atoms with Gasteiger partial charge in [-0.25, -0.2) is 0 Å². The summed E-state index contributed by atoms with van der Waals surface area (Å²) in [4.78, 5) is 12.5. The predicted octanol–water partition coefficient (Wildman–Crippen LogP) is 3.88. The second-order valence-corrected chi connectivity index (χ2v) is 6.57. The number of rotatable bonds is 4. The fraction of sp³-hybridized carbons (Fsp3) is 0.529. The molecule has 0 aromatic heterocycles. The standard InChI is InChI=1S/C17H21F3N2O2/c1-11(2)4-9-14-10-16(24,17(18,19)20)22(21-14)15(23)13-7-5-12(3)6-8-13/h5-8,11,24H,4,9-10H2,1-3H3/t16-/m0/s1. The van der Waals surface area contributed by atoms with Crippen LogP contribution in [0.1, 0.15) is 49.0 Å². The SMILES string of the molecule is Cc1ccc(C(=O)N2N=C(CCC(C)C)C[C@]2(O)C(F)(F)F)cc1. The number of hydrogen-bond donors (Lipinski definition) is 1. The summed E-state index contributed by atoms with van der Waals surface area (Å²) in [5.74, 6) is -0.678. The molecule has 0 bridgehead atoms. The normalized spacial score (nSPS) is 21.3. The molecule has 2 rings (SSSR count). The van der Waals surface area contributed by atoms with E-state index in [1.54, 1.807) is 19.1 Å². The number of halogens is 3.